The lowest BCUT2D eigenvalue weighted by atomic mass is 10.0. The predicted octanol–water partition coefficient (Wildman–Crippen LogP) is 21.9. The zero-order valence-corrected chi connectivity index (χ0v) is 49.4. The van der Waals surface area contributed by atoms with Crippen LogP contribution in [0.15, 0.2) is 60.8 Å². The smallest absolute Gasteiger partial charge is 0.306 e. The van der Waals surface area contributed by atoms with Gasteiger partial charge in [0.2, 0.25) is 0 Å². The molecule has 0 aromatic rings. The Hall–Kier alpha value is -2.89. The molecule has 0 spiro atoms. The minimum Gasteiger partial charge on any atom is -0.462 e. The second-order valence-electron chi connectivity index (χ2n) is 21.7. The molecule has 0 saturated heterocycles. The summed E-state index contributed by atoms with van der Waals surface area (Å²) in [4.78, 5) is 38.1. The van der Waals surface area contributed by atoms with E-state index in [1.807, 2.05) is 0 Å². The Kier molecular flexibility index (Phi) is 60.2. The van der Waals surface area contributed by atoms with E-state index in [1.165, 1.54) is 186 Å². The third-order valence-electron chi connectivity index (χ3n) is 14.3. The number of unbranched alkanes of at least 4 members (excludes halogenated alkanes) is 38. The molecule has 0 rings (SSSR count). The fourth-order valence-electron chi connectivity index (χ4n) is 9.47. The maximum Gasteiger partial charge on any atom is 0.306 e. The van der Waals surface area contributed by atoms with Crippen molar-refractivity contribution in [2.24, 2.45) is 0 Å². The first-order chi connectivity index (χ1) is 36.5. The largest absolute Gasteiger partial charge is 0.462 e. The molecule has 6 nitrogen and oxygen atoms in total. The van der Waals surface area contributed by atoms with Crippen LogP contribution >= 0.6 is 0 Å². The summed E-state index contributed by atoms with van der Waals surface area (Å²) in [6.45, 7) is 6.51. The van der Waals surface area contributed by atoms with Gasteiger partial charge in [0.15, 0.2) is 6.10 Å². The highest BCUT2D eigenvalue weighted by Crippen LogP contribution is 2.18. The molecule has 0 aromatic heterocycles. The highest BCUT2D eigenvalue weighted by Gasteiger charge is 2.19. The Morgan fingerprint density at radius 3 is 0.824 bits per heavy atom. The third kappa shape index (κ3) is 60.0. The summed E-state index contributed by atoms with van der Waals surface area (Å²) in [5.41, 5.74) is 0. The van der Waals surface area contributed by atoms with Crippen LogP contribution in [-0.2, 0) is 28.6 Å². The molecular formula is C68H122O6. The summed E-state index contributed by atoms with van der Waals surface area (Å²) >= 11 is 0. The van der Waals surface area contributed by atoms with E-state index in [2.05, 4.69) is 81.5 Å². The Morgan fingerprint density at radius 1 is 0.284 bits per heavy atom. The first-order valence-electron chi connectivity index (χ1n) is 32.3. The quantitative estimate of drug-likeness (QED) is 0.0261. The Labute approximate surface area is 460 Å². The van der Waals surface area contributed by atoms with Crippen molar-refractivity contribution in [1.29, 1.82) is 0 Å². The molecule has 0 aliphatic carbocycles. The first kappa shape index (κ1) is 71.1. The van der Waals surface area contributed by atoms with Crippen molar-refractivity contribution in [2.75, 3.05) is 13.2 Å². The lowest BCUT2D eigenvalue weighted by molar-refractivity contribution is -0.167. The Morgan fingerprint density at radius 2 is 0.527 bits per heavy atom. The van der Waals surface area contributed by atoms with Crippen LogP contribution in [0.25, 0.3) is 0 Å². The van der Waals surface area contributed by atoms with E-state index in [0.29, 0.717) is 19.3 Å². The van der Waals surface area contributed by atoms with Gasteiger partial charge in [-0.15, -0.1) is 0 Å². The maximum absolute atomic E-state index is 12.8. The molecular weight excluding hydrogens is 913 g/mol. The average molecular weight is 1040 g/mol. The molecule has 0 aromatic carbocycles. The van der Waals surface area contributed by atoms with Gasteiger partial charge < -0.3 is 14.2 Å². The van der Waals surface area contributed by atoms with Crippen LogP contribution < -0.4 is 0 Å². The second kappa shape index (κ2) is 62.6. The SMILES string of the molecule is CC/C=C\C/C=C\C/C=C\C/C=C\C/C=C\CCCCCCCC(=O)OC(COC(=O)CCCCCCCCC)COC(=O)CCCCCCCCCCCCCCCCCCCCCCCCCCCCCC. The van der Waals surface area contributed by atoms with E-state index in [9.17, 15) is 14.4 Å². The molecule has 6 heteroatoms. The molecule has 0 aliphatic rings. The molecule has 0 bridgehead atoms. The van der Waals surface area contributed by atoms with E-state index in [1.54, 1.807) is 0 Å². The molecule has 0 saturated carbocycles. The van der Waals surface area contributed by atoms with Crippen LogP contribution in [0.5, 0.6) is 0 Å². The molecule has 0 aliphatic heterocycles. The van der Waals surface area contributed by atoms with Gasteiger partial charge in [0.05, 0.1) is 0 Å². The summed E-state index contributed by atoms with van der Waals surface area (Å²) in [6, 6.07) is 0. The lowest BCUT2D eigenvalue weighted by Crippen LogP contribution is -2.30. The van der Waals surface area contributed by atoms with Gasteiger partial charge in [0.25, 0.3) is 0 Å². The highest BCUT2D eigenvalue weighted by molar-refractivity contribution is 5.71. The summed E-state index contributed by atoms with van der Waals surface area (Å²) in [7, 11) is 0. The predicted molar refractivity (Wildman–Crippen MR) is 321 cm³/mol. The van der Waals surface area contributed by atoms with Crippen molar-refractivity contribution in [2.45, 2.75) is 341 Å². The number of carbonyl (C=O) groups is 3. The molecule has 74 heavy (non-hydrogen) atoms. The lowest BCUT2D eigenvalue weighted by Gasteiger charge is -2.18. The van der Waals surface area contributed by atoms with E-state index >= 15 is 0 Å². The van der Waals surface area contributed by atoms with Crippen LogP contribution in [0.4, 0.5) is 0 Å². The fourth-order valence-corrected chi connectivity index (χ4v) is 9.47. The molecule has 0 radical (unpaired) electrons. The highest BCUT2D eigenvalue weighted by atomic mass is 16.6. The van der Waals surface area contributed by atoms with Crippen molar-refractivity contribution in [1.82, 2.24) is 0 Å². The molecule has 1 unspecified atom stereocenters. The summed E-state index contributed by atoms with van der Waals surface area (Å²) in [6.07, 6.45) is 79.8. The number of rotatable bonds is 59. The van der Waals surface area contributed by atoms with Crippen molar-refractivity contribution in [3.8, 4) is 0 Å². The summed E-state index contributed by atoms with van der Waals surface area (Å²) < 4.78 is 16.8. The second-order valence-corrected chi connectivity index (χ2v) is 21.7. The van der Waals surface area contributed by atoms with Gasteiger partial charge in [-0.05, 0) is 64.2 Å². The van der Waals surface area contributed by atoms with Gasteiger partial charge in [-0.3, -0.25) is 14.4 Å². The molecule has 430 valence electrons. The topological polar surface area (TPSA) is 78.9 Å². The molecule has 0 fully saturated rings. The number of esters is 3. The fraction of sp³-hybridized carbons (Fsp3) is 0.809. The van der Waals surface area contributed by atoms with Gasteiger partial charge in [0, 0.05) is 19.3 Å². The Balaban J connectivity index is 4.09. The minimum absolute atomic E-state index is 0.0788. The van der Waals surface area contributed by atoms with Gasteiger partial charge in [-0.1, -0.05) is 313 Å². The number of hydrogen-bond acceptors (Lipinski definition) is 6. The van der Waals surface area contributed by atoms with E-state index in [-0.39, 0.29) is 31.1 Å². The van der Waals surface area contributed by atoms with E-state index in [4.69, 9.17) is 14.2 Å². The zero-order chi connectivity index (χ0) is 53.6. The van der Waals surface area contributed by atoms with Crippen molar-refractivity contribution in [3.63, 3.8) is 0 Å². The number of hydrogen-bond donors (Lipinski definition) is 0. The standard InChI is InChI=1S/C68H122O6/c1-4-7-10-13-16-18-20-22-24-26-28-30-31-32-33-34-35-36-38-39-41-43-45-47-49-52-55-58-61-67(70)73-64-65(63-72-66(69)60-57-54-51-15-12-9-6-3)74-68(71)62-59-56-53-50-48-46-44-42-40-37-29-27-25-23-21-19-17-14-11-8-5-2/h8,11,17,19,23,25,29,37,42,44,65H,4-7,9-10,12-16,18,20-22,24,26-28,30-36,38-41,43,45-64H2,1-3H3/b11-8-,19-17-,25-23-,37-29-,44-42-. The van der Waals surface area contributed by atoms with Crippen molar-refractivity contribution < 1.29 is 28.6 Å². The van der Waals surface area contributed by atoms with Crippen LogP contribution in [0.3, 0.4) is 0 Å². The maximum atomic E-state index is 12.8. The van der Waals surface area contributed by atoms with E-state index in [0.717, 1.165) is 109 Å². The van der Waals surface area contributed by atoms with Gasteiger partial charge in [-0.25, -0.2) is 0 Å². The molecule has 0 N–H and O–H groups in total. The van der Waals surface area contributed by atoms with Crippen LogP contribution in [0, 0.1) is 0 Å². The summed E-state index contributed by atoms with van der Waals surface area (Å²) in [5.74, 6) is -0.889. The summed E-state index contributed by atoms with van der Waals surface area (Å²) in [5, 5.41) is 0. The van der Waals surface area contributed by atoms with Crippen molar-refractivity contribution in [3.05, 3.63) is 60.8 Å². The van der Waals surface area contributed by atoms with Crippen LogP contribution in [0.2, 0.25) is 0 Å². The molecule has 0 heterocycles. The van der Waals surface area contributed by atoms with E-state index < -0.39 is 6.10 Å². The molecule has 0 amide bonds. The van der Waals surface area contributed by atoms with Crippen LogP contribution in [0.1, 0.15) is 335 Å². The average Bonchev–Trinajstić information content (AvgIpc) is 3.40. The van der Waals surface area contributed by atoms with Gasteiger partial charge >= 0.3 is 17.9 Å². The Bertz CT molecular complexity index is 1330. The van der Waals surface area contributed by atoms with Crippen LogP contribution in [-0.4, -0.2) is 37.2 Å². The minimum atomic E-state index is -0.781. The van der Waals surface area contributed by atoms with Gasteiger partial charge in [0.1, 0.15) is 13.2 Å². The normalized spacial score (nSPS) is 12.4. The number of allylic oxidation sites excluding steroid dienone is 10. The van der Waals surface area contributed by atoms with Gasteiger partial charge in [-0.2, -0.15) is 0 Å². The monoisotopic (exact) mass is 1030 g/mol. The third-order valence-corrected chi connectivity index (χ3v) is 14.3. The van der Waals surface area contributed by atoms with Crippen molar-refractivity contribution >= 4 is 17.9 Å². The first-order valence-corrected chi connectivity index (χ1v) is 32.3. The number of ether oxygens (including phenoxy) is 3. The zero-order valence-electron chi connectivity index (χ0n) is 49.4. The molecule has 1 atom stereocenters. The number of carbonyl (C=O) groups excluding carboxylic acids is 3.